The van der Waals surface area contributed by atoms with Crippen molar-refractivity contribution >= 4 is 12.0 Å². The number of hydrogen-bond donors (Lipinski definition) is 0. The molecule has 0 radical (unpaired) electrons. The molecule has 1 aromatic rings. The van der Waals surface area contributed by atoms with Crippen LogP contribution in [-0.4, -0.2) is 55.1 Å². The minimum atomic E-state index is -4.42. The molecular formula is C14H15F3N2O3. The highest BCUT2D eigenvalue weighted by atomic mass is 19.4. The van der Waals surface area contributed by atoms with Crippen LogP contribution in [0.1, 0.15) is 15.9 Å². The Bertz CT molecular complexity index is 549. The molecule has 120 valence electrons. The Morgan fingerprint density at radius 2 is 1.50 bits per heavy atom. The maximum absolute atomic E-state index is 12.5. The predicted octanol–water partition coefficient (Wildman–Crippen LogP) is 2.23. The van der Waals surface area contributed by atoms with E-state index in [4.69, 9.17) is 0 Å². The van der Waals surface area contributed by atoms with Crippen molar-refractivity contribution in [3.8, 4) is 0 Å². The number of rotatable bonds is 1. The number of nitrogens with zero attached hydrogens (tertiary/aromatic N) is 2. The molecule has 8 heteroatoms. The molecule has 22 heavy (non-hydrogen) atoms. The maximum Gasteiger partial charge on any atom is 0.416 e. The Morgan fingerprint density at radius 3 is 1.95 bits per heavy atom. The summed E-state index contributed by atoms with van der Waals surface area (Å²) in [6.07, 6.45) is -4.88. The number of alkyl halides is 3. The molecule has 1 aliphatic rings. The van der Waals surface area contributed by atoms with E-state index in [1.165, 1.54) is 16.9 Å². The van der Waals surface area contributed by atoms with Crippen molar-refractivity contribution in [2.75, 3.05) is 33.3 Å². The van der Waals surface area contributed by atoms with Crippen LogP contribution in [0.4, 0.5) is 18.0 Å². The second kappa shape index (κ2) is 6.25. The Balaban J connectivity index is 2.00. The fraction of sp³-hybridized carbons (Fsp3) is 0.429. The summed E-state index contributed by atoms with van der Waals surface area (Å²) < 4.78 is 42.0. The number of carbonyl (C=O) groups excluding carboxylic acids is 2. The number of halogens is 3. The van der Waals surface area contributed by atoms with E-state index in [0.29, 0.717) is 26.2 Å². The summed E-state index contributed by atoms with van der Waals surface area (Å²) >= 11 is 0. The van der Waals surface area contributed by atoms with Crippen LogP contribution in [-0.2, 0) is 10.9 Å². The highest BCUT2D eigenvalue weighted by Gasteiger charge is 2.31. The zero-order chi connectivity index (χ0) is 16.3. The van der Waals surface area contributed by atoms with E-state index >= 15 is 0 Å². The molecule has 0 N–H and O–H groups in total. The van der Waals surface area contributed by atoms with Crippen LogP contribution in [0.15, 0.2) is 24.3 Å². The van der Waals surface area contributed by atoms with Gasteiger partial charge in [-0.1, -0.05) is 0 Å². The first-order valence-electron chi connectivity index (χ1n) is 6.62. The van der Waals surface area contributed by atoms with Crippen LogP contribution in [0, 0.1) is 0 Å². The average Bonchev–Trinajstić information content (AvgIpc) is 2.53. The number of benzene rings is 1. The van der Waals surface area contributed by atoms with Crippen LogP contribution in [0.2, 0.25) is 0 Å². The largest absolute Gasteiger partial charge is 0.453 e. The minimum absolute atomic E-state index is 0.194. The molecule has 1 heterocycles. The van der Waals surface area contributed by atoms with Gasteiger partial charge in [0.25, 0.3) is 5.91 Å². The van der Waals surface area contributed by atoms with Gasteiger partial charge < -0.3 is 14.5 Å². The highest BCUT2D eigenvalue weighted by molar-refractivity contribution is 5.94. The molecule has 1 aromatic carbocycles. The third kappa shape index (κ3) is 3.49. The van der Waals surface area contributed by atoms with Crippen LogP contribution in [0.5, 0.6) is 0 Å². The van der Waals surface area contributed by atoms with Crippen molar-refractivity contribution in [1.29, 1.82) is 0 Å². The lowest BCUT2D eigenvalue weighted by Gasteiger charge is -2.33. The van der Waals surface area contributed by atoms with Crippen molar-refractivity contribution in [1.82, 2.24) is 9.80 Å². The number of ether oxygens (including phenoxy) is 1. The average molecular weight is 316 g/mol. The van der Waals surface area contributed by atoms with Crippen molar-refractivity contribution in [2.24, 2.45) is 0 Å². The molecule has 0 aliphatic carbocycles. The first-order valence-corrected chi connectivity index (χ1v) is 6.62. The maximum atomic E-state index is 12.5. The summed E-state index contributed by atoms with van der Waals surface area (Å²) in [5.74, 6) is -0.349. The smallest absolute Gasteiger partial charge is 0.416 e. The standard InChI is InChI=1S/C14H15F3N2O3/c1-22-13(21)19-8-6-18(7-9-19)12(20)10-2-4-11(5-3-10)14(15,16)17/h2-5H,6-9H2,1H3. The zero-order valence-corrected chi connectivity index (χ0v) is 11.9. The summed E-state index contributed by atoms with van der Waals surface area (Å²) in [7, 11) is 1.28. The second-order valence-corrected chi connectivity index (χ2v) is 4.82. The molecule has 2 rings (SSSR count). The van der Waals surface area contributed by atoms with Gasteiger partial charge in [0.05, 0.1) is 12.7 Å². The molecule has 2 amide bonds. The lowest BCUT2D eigenvalue weighted by molar-refractivity contribution is -0.137. The van der Waals surface area contributed by atoms with Gasteiger partial charge in [0.1, 0.15) is 0 Å². The van der Waals surface area contributed by atoms with Gasteiger partial charge in [-0.05, 0) is 24.3 Å². The van der Waals surface area contributed by atoms with E-state index in [2.05, 4.69) is 4.74 Å². The molecule has 1 saturated heterocycles. The Morgan fingerprint density at radius 1 is 1.00 bits per heavy atom. The predicted molar refractivity (Wildman–Crippen MR) is 71.3 cm³/mol. The van der Waals surface area contributed by atoms with Gasteiger partial charge in [-0.15, -0.1) is 0 Å². The zero-order valence-electron chi connectivity index (χ0n) is 11.9. The van der Waals surface area contributed by atoms with Crippen LogP contribution in [0.25, 0.3) is 0 Å². The van der Waals surface area contributed by atoms with Gasteiger partial charge in [0.2, 0.25) is 0 Å². The molecule has 1 aliphatic heterocycles. The van der Waals surface area contributed by atoms with Crippen molar-refractivity contribution < 1.29 is 27.5 Å². The minimum Gasteiger partial charge on any atom is -0.453 e. The lowest BCUT2D eigenvalue weighted by Crippen LogP contribution is -2.50. The third-order valence-electron chi connectivity index (χ3n) is 3.46. The molecule has 0 unspecified atom stereocenters. The molecule has 0 spiro atoms. The van der Waals surface area contributed by atoms with Gasteiger partial charge in [-0.2, -0.15) is 13.2 Å². The van der Waals surface area contributed by atoms with E-state index < -0.39 is 17.8 Å². The normalized spacial score (nSPS) is 15.6. The molecule has 1 fully saturated rings. The third-order valence-corrected chi connectivity index (χ3v) is 3.46. The molecule has 0 aromatic heterocycles. The molecule has 5 nitrogen and oxygen atoms in total. The first-order chi connectivity index (χ1) is 10.3. The van der Waals surface area contributed by atoms with E-state index in [9.17, 15) is 22.8 Å². The fourth-order valence-electron chi connectivity index (χ4n) is 2.21. The summed E-state index contributed by atoms with van der Waals surface area (Å²) in [6.45, 7) is 1.29. The van der Waals surface area contributed by atoms with Crippen molar-refractivity contribution in [3.05, 3.63) is 35.4 Å². The van der Waals surface area contributed by atoms with Gasteiger partial charge in [0, 0.05) is 31.7 Å². The van der Waals surface area contributed by atoms with Crippen molar-refractivity contribution in [2.45, 2.75) is 6.18 Å². The van der Waals surface area contributed by atoms with Crippen LogP contribution >= 0.6 is 0 Å². The highest BCUT2D eigenvalue weighted by Crippen LogP contribution is 2.29. The van der Waals surface area contributed by atoms with Crippen LogP contribution < -0.4 is 0 Å². The summed E-state index contributed by atoms with van der Waals surface area (Å²) in [6, 6.07) is 4.10. The SMILES string of the molecule is COC(=O)N1CCN(C(=O)c2ccc(C(F)(F)F)cc2)CC1. The first kappa shape index (κ1) is 16.1. The second-order valence-electron chi connectivity index (χ2n) is 4.82. The Kier molecular flexibility index (Phi) is 4.58. The van der Waals surface area contributed by atoms with E-state index in [1.54, 1.807) is 0 Å². The van der Waals surface area contributed by atoms with E-state index in [0.717, 1.165) is 24.3 Å². The summed E-state index contributed by atoms with van der Waals surface area (Å²) in [5.41, 5.74) is -0.598. The fourth-order valence-corrected chi connectivity index (χ4v) is 2.21. The number of piperazine rings is 1. The van der Waals surface area contributed by atoms with Gasteiger partial charge in [-0.25, -0.2) is 4.79 Å². The van der Waals surface area contributed by atoms with Gasteiger partial charge >= 0.3 is 12.3 Å². The molecule has 0 saturated carbocycles. The van der Waals surface area contributed by atoms with Crippen molar-refractivity contribution in [3.63, 3.8) is 0 Å². The van der Waals surface area contributed by atoms with E-state index in [1.807, 2.05) is 0 Å². The Labute approximate surface area is 125 Å². The monoisotopic (exact) mass is 316 g/mol. The quantitative estimate of drug-likeness (QED) is 0.798. The lowest BCUT2D eigenvalue weighted by atomic mass is 10.1. The molecule has 0 bridgehead atoms. The molecule has 0 atom stereocenters. The van der Waals surface area contributed by atoms with E-state index in [-0.39, 0.29) is 11.5 Å². The summed E-state index contributed by atoms with van der Waals surface area (Å²) in [4.78, 5) is 26.5. The Hall–Kier alpha value is -2.25. The van der Waals surface area contributed by atoms with Crippen LogP contribution in [0.3, 0.4) is 0 Å². The van der Waals surface area contributed by atoms with Gasteiger partial charge in [-0.3, -0.25) is 4.79 Å². The molecular weight excluding hydrogens is 301 g/mol. The number of amides is 2. The van der Waals surface area contributed by atoms with Gasteiger partial charge in [0.15, 0.2) is 0 Å². The number of methoxy groups -OCH3 is 1. The topological polar surface area (TPSA) is 49.9 Å². The summed E-state index contributed by atoms with van der Waals surface area (Å²) in [5, 5.41) is 0. The number of carbonyl (C=O) groups is 2. The number of hydrogen-bond acceptors (Lipinski definition) is 3.